The summed E-state index contributed by atoms with van der Waals surface area (Å²) >= 11 is 0. The fourth-order valence-corrected chi connectivity index (χ4v) is 4.34. The molecule has 0 bridgehead atoms. The Morgan fingerprint density at radius 1 is 1.03 bits per heavy atom. The number of likely N-dealkylation sites (tertiary alicyclic amines) is 1. The van der Waals surface area contributed by atoms with Crippen LogP contribution in [0.3, 0.4) is 0 Å². The average Bonchev–Trinajstić information content (AvgIpc) is 2.92. The van der Waals surface area contributed by atoms with E-state index in [-0.39, 0.29) is 41.6 Å². The van der Waals surface area contributed by atoms with Crippen LogP contribution in [0, 0.1) is 5.92 Å². The van der Waals surface area contributed by atoms with E-state index in [1.165, 1.54) is 0 Å². The summed E-state index contributed by atoms with van der Waals surface area (Å²) in [4.78, 5) is 53.7. The number of carbonyl (C=O) groups excluding carboxylic acids is 4. The minimum atomic E-state index is -1.08. The molecule has 0 N–H and O–H groups in total. The van der Waals surface area contributed by atoms with Crippen LogP contribution < -0.4 is 0 Å². The quantitative estimate of drug-likeness (QED) is 0.560. The van der Waals surface area contributed by atoms with E-state index < -0.39 is 23.8 Å². The predicted octanol–water partition coefficient (Wildman–Crippen LogP) is 2.64. The van der Waals surface area contributed by atoms with Gasteiger partial charge in [0.15, 0.2) is 6.61 Å². The molecule has 29 heavy (non-hydrogen) atoms. The predicted molar refractivity (Wildman–Crippen MR) is 106 cm³/mol. The topological polar surface area (TPSA) is 84.0 Å². The number of imide groups is 1. The number of hydrogen-bond donors (Lipinski definition) is 0. The number of esters is 1. The molecule has 3 amide bonds. The molecule has 1 fully saturated rings. The SMILES string of the molecule is CC(C)[C@@H](C(=O)OCC(=O)N1[C@H](C)CCC[C@@H]1C)N1C(=O)c2ccccc2C1=O. The summed E-state index contributed by atoms with van der Waals surface area (Å²) in [5.41, 5.74) is 0.561. The zero-order valence-corrected chi connectivity index (χ0v) is 17.4. The highest BCUT2D eigenvalue weighted by Crippen LogP contribution is 2.28. The van der Waals surface area contributed by atoms with Crippen LogP contribution in [-0.4, -0.2) is 58.2 Å². The lowest BCUT2D eigenvalue weighted by atomic mass is 9.97. The summed E-state index contributed by atoms with van der Waals surface area (Å²) in [7, 11) is 0. The Bertz CT molecular complexity index is 789. The number of amides is 3. The molecule has 3 atom stereocenters. The van der Waals surface area contributed by atoms with Gasteiger partial charge in [0.1, 0.15) is 6.04 Å². The maximum absolute atomic E-state index is 12.8. The van der Waals surface area contributed by atoms with Crippen molar-refractivity contribution in [3.63, 3.8) is 0 Å². The van der Waals surface area contributed by atoms with E-state index in [4.69, 9.17) is 4.74 Å². The Hall–Kier alpha value is -2.70. The molecule has 1 saturated heterocycles. The standard InChI is InChI=1S/C22H28N2O5/c1-13(2)19(24-20(26)16-10-5-6-11-17(16)21(24)27)22(28)29-12-18(25)23-14(3)8-7-9-15(23)4/h5-6,10-11,13-15,19H,7-9,12H2,1-4H3/t14-,15+,19-/m0/s1. The van der Waals surface area contributed by atoms with Gasteiger partial charge in [-0.2, -0.15) is 0 Å². The normalized spacial score (nSPS) is 22.7. The third-order valence-electron chi connectivity index (χ3n) is 5.80. The van der Waals surface area contributed by atoms with Gasteiger partial charge in [-0.3, -0.25) is 19.3 Å². The van der Waals surface area contributed by atoms with E-state index in [9.17, 15) is 19.2 Å². The monoisotopic (exact) mass is 400 g/mol. The zero-order chi connectivity index (χ0) is 21.3. The van der Waals surface area contributed by atoms with Crippen LogP contribution in [0.15, 0.2) is 24.3 Å². The van der Waals surface area contributed by atoms with Gasteiger partial charge < -0.3 is 9.64 Å². The number of ether oxygens (including phenoxy) is 1. The highest BCUT2D eigenvalue weighted by molar-refractivity contribution is 6.22. The van der Waals surface area contributed by atoms with Crippen LogP contribution in [0.5, 0.6) is 0 Å². The molecular formula is C22H28N2O5. The van der Waals surface area contributed by atoms with Gasteiger partial charge in [-0.25, -0.2) is 4.79 Å². The van der Waals surface area contributed by atoms with Gasteiger partial charge in [0, 0.05) is 12.1 Å². The highest BCUT2D eigenvalue weighted by Gasteiger charge is 2.45. The van der Waals surface area contributed by atoms with E-state index >= 15 is 0 Å². The largest absolute Gasteiger partial charge is 0.454 e. The summed E-state index contributed by atoms with van der Waals surface area (Å²) in [5, 5.41) is 0. The molecule has 7 heteroatoms. The summed E-state index contributed by atoms with van der Waals surface area (Å²) in [6.45, 7) is 7.08. The van der Waals surface area contributed by atoms with Crippen molar-refractivity contribution >= 4 is 23.7 Å². The fraction of sp³-hybridized carbons (Fsp3) is 0.545. The molecule has 2 aliphatic rings. The maximum atomic E-state index is 12.8. The Kier molecular flexibility index (Phi) is 6.05. The minimum absolute atomic E-state index is 0.0992. The molecule has 156 valence electrons. The molecule has 0 unspecified atom stereocenters. The zero-order valence-electron chi connectivity index (χ0n) is 17.4. The molecule has 2 heterocycles. The smallest absolute Gasteiger partial charge is 0.330 e. The lowest BCUT2D eigenvalue weighted by molar-refractivity contribution is -0.158. The van der Waals surface area contributed by atoms with Crippen molar-refractivity contribution in [1.29, 1.82) is 0 Å². The van der Waals surface area contributed by atoms with Crippen LogP contribution in [-0.2, 0) is 14.3 Å². The maximum Gasteiger partial charge on any atom is 0.330 e. The van der Waals surface area contributed by atoms with E-state index in [1.807, 2.05) is 13.8 Å². The summed E-state index contributed by atoms with van der Waals surface area (Å²) in [6.07, 6.45) is 2.92. The first-order valence-corrected chi connectivity index (χ1v) is 10.2. The second-order valence-corrected chi connectivity index (χ2v) is 8.25. The fourth-order valence-electron chi connectivity index (χ4n) is 4.34. The number of fused-ring (bicyclic) bond motifs is 1. The number of piperidine rings is 1. The van der Waals surface area contributed by atoms with Gasteiger partial charge in [-0.1, -0.05) is 26.0 Å². The third-order valence-corrected chi connectivity index (χ3v) is 5.80. The number of hydrogen-bond acceptors (Lipinski definition) is 5. The molecule has 0 saturated carbocycles. The second-order valence-electron chi connectivity index (χ2n) is 8.25. The lowest BCUT2D eigenvalue weighted by Gasteiger charge is -2.39. The van der Waals surface area contributed by atoms with Crippen LogP contribution >= 0.6 is 0 Å². The first-order valence-electron chi connectivity index (χ1n) is 10.2. The summed E-state index contributed by atoms with van der Waals surface area (Å²) in [6, 6.07) is 5.61. The third kappa shape index (κ3) is 3.91. The summed E-state index contributed by atoms with van der Waals surface area (Å²) in [5.74, 6) is -2.35. The van der Waals surface area contributed by atoms with Crippen LogP contribution in [0.1, 0.15) is 67.7 Å². The average molecular weight is 400 g/mol. The van der Waals surface area contributed by atoms with Crippen molar-refractivity contribution in [2.45, 2.75) is 65.1 Å². The molecule has 0 aliphatic carbocycles. The van der Waals surface area contributed by atoms with E-state index in [2.05, 4.69) is 0 Å². The van der Waals surface area contributed by atoms with Gasteiger partial charge in [0.05, 0.1) is 11.1 Å². The van der Waals surface area contributed by atoms with Crippen LogP contribution in [0.4, 0.5) is 0 Å². The van der Waals surface area contributed by atoms with Gasteiger partial charge in [0.25, 0.3) is 17.7 Å². The van der Waals surface area contributed by atoms with E-state index in [0.717, 1.165) is 24.2 Å². The van der Waals surface area contributed by atoms with Crippen molar-refractivity contribution in [3.05, 3.63) is 35.4 Å². The van der Waals surface area contributed by atoms with Crippen molar-refractivity contribution in [2.24, 2.45) is 5.92 Å². The molecule has 7 nitrogen and oxygen atoms in total. The number of nitrogens with zero attached hydrogens (tertiary/aromatic N) is 2. The molecule has 0 aromatic heterocycles. The van der Waals surface area contributed by atoms with Crippen molar-refractivity contribution in [3.8, 4) is 0 Å². The van der Waals surface area contributed by atoms with E-state index in [0.29, 0.717) is 0 Å². The number of carbonyl (C=O) groups is 4. The van der Waals surface area contributed by atoms with Gasteiger partial charge in [-0.15, -0.1) is 0 Å². The second kappa shape index (κ2) is 8.35. The van der Waals surface area contributed by atoms with Gasteiger partial charge >= 0.3 is 5.97 Å². The van der Waals surface area contributed by atoms with Crippen molar-refractivity contribution < 1.29 is 23.9 Å². The molecular weight excluding hydrogens is 372 g/mol. The molecule has 3 rings (SSSR count). The lowest BCUT2D eigenvalue weighted by Crippen LogP contribution is -2.51. The van der Waals surface area contributed by atoms with Crippen LogP contribution in [0.2, 0.25) is 0 Å². The number of rotatable bonds is 5. The first-order chi connectivity index (χ1) is 13.7. The van der Waals surface area contributed by atoms with Crippen LogP contribution in [0.25, 0.3) is 0 Å². The molecule has 0 radical (unpaired) electrons. The molecule has 1 aromatic rings. The number of benzene rings is 1. The van der Waals surface area contributed by atoms with Crippen molar-refractivity contribution in [2.75, 3.05) is 6.61 Å². The van der Waals surface area contributed by atoms with Crippen molar-refractivity contribution in [1.82, 2.24) is 9.80 Å². The Morgan fingerprint density at radius 3 is 2.03 bits per heavy atom. The molecule has 2 aliphatic heterocycles. The van der Waals surface area contributed by atoms with Gasteiger partial charge in [-0.05, 0) is 51.2 Å². The minimum Gasteiger partial charge on any atom is -0.454 e. The van der Waals surface area contributed by atoms with E-state index in [1.54, 1.807) is 43.0 Å². The molecule has 1 aromatic carbocycles. The Balaban J connectivity index is 1.72. The Labute approximate surface area is 171 Å². The highest BCUT2D eigenvalue weighted by atomic mass is 16.5. The Morgan fingerprint density at radius 2 is 1.55 bits per heavy atom. The molecule has 0 spiro atoms. The summed E-state index contributed by atoms with van der Waals surface area (Å²) < 4.78 is 5.31. The van der Waals surface area contributed by atoms with Gasteiger partial charge in [0.2, 0.25) is 0 Å². The first kappa shape index (κ1) is 21.0.